The molecule has 4 heterocycles. The van der Waals surface area contributed by atoms with Gasteiger partial charge in [0.15, 0.2) is 0 Å². The molecule has 126 valence electrons. The number of hydrogen-bond donors (Lipinski definition) is 2. The van der Waals surface area contributed by atoms with Crippen molar-refractivity contribution < 1.29 is 0 Å². The van der Waals surface area contributed by atoms with Gasteiger partial charge in [0, 0.05) is 43.8 Å². The van der Waals surface area contributed by atoms with E-state index in [2.05, 4.69) is 41.2 Å². The minimum absolute atomic E-state index is 0.703. The zero-order valence-corrected chi connectivity index (χ0v) is 14.6. The van der Waals surface area contributed by atoms with Crippen LogP contribution in [0.25, 0.3) is 0 Å². The monoisotopic (exact) mass is 306 g/mol. The Morgan fingerprint density at radius 1 is 0.955 bits per heavy atom. The fourth-order valence-corrected chi connectivity index (χ4v) is 5.32. The number of nitrogens with zero attached hydrogens (tertiary/aromatic N) is 2. The number of hydrogen-bond acceptors (Lipinski definition) is 4. The molecule has 0 aromatic rings. The minimum atomic E-state index is 0.703. The van der Waals surface area contributed by atoms with Gasteiger partial charge in [-0.25, -0.2) is 0 Å². The molecule has 0 aromatic heterocycles. The molecule has 6 unspecified atom stereocenters. The van der Waals surface area contributed by atoms with Gasteiger partial charge >= 0.3 is 0 Å². The highest BCUT2D eigenvalue weighted by Crippen LogP contribution is 2.35. The van der Waals surface area contributed by atoms with Crippen molar-refractivity contribution >= 4 is 0 Å². The molecule has 2 N–H and O–H groups in total. The Morgan fingerprint density at radius 3 is 2.41 bits per heavy atom. The lowest BCUT2D eigenvalue weighted by molar-refractivity contribution is 0.0519. The molecule has 4 aliphatic heterocycles. The number of rotatable bonds is 4. The van der Waals surface area contributed by atoms with E-state index in [1.54, 1.807) is 0 Å². The Morgan fingerprint density at radius 2 is 1.73 bits per heavy atom. The maximum atomic E-state index is 3.82. The van der Waals surface area contributed by atoms with Crippen LogP contribution in [0.3, 0.4) is 0 Å². The first-order valence-corrected chi connectivity index (χ1v) is 9.56. The third-order valence-electron chi connectivity index (χ3n) is 7.07. The predicted octanol–water partition coefficient (Wildman–Crippen LogP) is 0.987. The molecule has 4 fully saturated rings. The normalized spacial score (nSPS) is 43.9. The molecule has 4 aliphatic rings. The van der Waals surface area contributed by atoms with Crippen molar-refractivity contribution in [2.75, 3.05) is 39.3 Å². The van der Waals surface area contributed by atoms with Crippen LogP contribution in [0.1, 0.15) is 33.6 Å². The van der Waals surface area contributed by atoms with Crippen molar-refractivity contribution in [2.45, 2.75) is 57.8 Å². The lowest BCUT2D eigenvalue weighted by Gasteiger charge is -2.48. The van der Waals surface area contributed by atoms with Crippen molar-refractivity contribution in [1.29, 1.82) is 0 Å². The molecule has 4 nitrogen and oxygen atoms in total. The Kier molecular flexibility index (Phi) is 4.22. The molecule has 0 spiro atoms. The SMILES string of the molecule is CC(C)N1CC2NCC(CC(C)N3CCC4CNC4C3)C2C1. The average Bonchev–Trinajstić information content (AvgIpc) is 3.02. The van der Waals surface area contributed by atoms with E-state index in [0.29, 0.717) is 6.04 Å². The number of nitrogens with one attached hydrogen (secondary N) is 2. The summed E-state index contributed by atoms with van der Waals surface area (Å²) in [6.45, 7) is 14.9. The van der Waals surface area contributed by atoms with Crippen LogP contribution in [0.4, 0.5) is 0 Å². The molecule has 0 amide bonds. The van der Waals surface area contributed by atoms with E-state index in [1.807, 2.05) is 0 Å². The summed E-state index contributed by atoms with van der Waals surface area (Å²) in [5.74, 6) is 2.76. The van der Waals surface area contributed by atoms with Gasteiger partial charge in [0.25, 0.3) is 0 Å². The Hall–Kier alpha value is -0.160. The molecule has 4 rings (SSSR count). The highest BCUT2D eigenvalue weighted by Gasteiger charge is 2.44. The van der Waals surface area contributed by atoms with Crippen LogP contribution in [0.15, 0.2) is 0 Å². The Bertz CT molecular complexity index is 399. The fourth-order valence-electron chi connectivity index (χ4n) is 5.32. The first-order valence-electron chi connectivity index (χ1n) is 9.56. The second-order valence-corrected chi connectivity index (χ2v) is 8.63. The predicted molar refractivity (Wildman–Crippen MR) is 91.0 cm³/mol. The summed E-state index contributed by atoms with van der Waals surface area (Å²) < 4.78 is 0. The van der Waals surface area contributed by atoms with Crippen LogP contribution in [-0.4, -0.2) is 73.2 Å². The largest absolute Gasteiger partial charge is 0.312 e. The van der Waals surface area contributed by atoms with E-state index in [9.17, 15) is 0 Å². The van der Waals surface area contributed by atoms with Crippen LogP contribution in [0.5, 0.6) is 0 Å². The summed E-state index contributed by atoms with van der Waals surface area (Å²) in [7, 11) is 0. The van der Waals surface area contributed by atoms with Gasteiger partial charge in [-0.2, -0.15) is 0 Å². The van der Waals surface area contributed by atoms with Crippen LogP contribution in [-0.2, 0) is 0 Å². The summed E-state index contributed by atoms with van der Waals surface area (Å²) in [5, 5.41) is 7.44. The van der Waals surface area contributed by atoms with E-state index >= 15 is 0 Å². The topological polar surface area (TPSA) is 30.5 Å². The Balaban J connectivity index is 1.31. The van der Waals surface area contributed by atoms with E-state index in [4.69, 9.17) is 0 Å². The van der Waals surface area contributed by atoms with Crippen LogP contribution in [0, 0.1) is 17.8 Å². The quantitative estimate of drug-likeness (QED) is 0.811. The standard InChI is InChI=1S/C18H34N4/c1-12(2)22-9-16-15(8-20-18(16)11-22)6-13(3)21-5-4-14-7-19-17(14)10-21/h12-20H,4-11H2,1-3H3. The van der Waals surface area contributed by atoms with Gasteiger partial charge < -0.3 is 10.6 Å². The van der Waals surface area contributed by atoms with E-state index in [1.165, 1.54) is 52.1 Å². The third kappa shape index (κ3) is 2.72. The molecule has 22 heavy (non-hydrogen) atoms. The summed E-state index contributed by atoms with van der Waals surface area (Å²) in [6, 6.07) is 3.02. The highest BCUT2D eigenvalue weighted by atomic mass is 15.2. The molecule has 4 heteroatoms. The van der Waals surface area contributed by atoms with Crippen LogP contribution < -0.4 is 10.6 Å². The maximum Gasteiger partial charge on any atom is 0.0238 e. The molecule has 0 aromatic carbocycles. The number of fused-ring (bicyclic) bond motifs is 2. The van der Waals surface area contributed by atoms with Crippen molar-refractivity contribution in [1.82, 2.24) is 20.4 Å². The van der Waals surface area contributed by atoms with E-state index in [0.717, 1.165) is 35.9 Å². The smallest absolute Gasteiger partial charge is 0.0238 e. The summed E-state index contributed by atoms with van der Waals surface area (Å²) in [6.07, 6.45) is 2.80. The summed E-state index contributed by atoms with van der Waals surface area (Å²) >= 11 is 0. The molecular weight excluding hydrogens is 272 g/mol. The molecule has 0 aliphatic carbocycles. The second kappa shape index (κ2) is 6.04. The molecule has 6 atom stereocenters. The first-order chi connectivity index (χ1) is 10.6. The Labute approximate surface area is 136 Å². The molecule has 4 saturated heterocycles. The van der Waals surface area contributed by atoms with Crippen LogP contribution >= 0.6 is 0 Å². The lowest BCUT2D eigenvalue weighted by atomic mass is 9.83. The second-order valence-electron chi connectivity index (χ2n) is 8.63. The molecule has 0 radical (unpaired) electrons. The number of piperidine rings is 1. The van der Waals surface area contributed by atoms with Gasteiger partial charge in [0.05, 0.1) is 0 Å². The molecule has 0 saturated carbocycles. The third-order valence-corrected chi connectivity index (χ3v) is 7.07. The zero-order chi connectivity index (χ0) is 15.3. The van der Waals surface area contributed by atoms with Gasteiger partial charge in [0.2, 0.25) is 0 Å². The van der Waals surface area contributed by atoms with Crippen LogP contribution in [0.2, 0.25) is 0 Å². The van der Waals surface area contributed by atoms with E-state index < -0.39 is 0 Å². The maximum absolute atomic E-state index is 3.82. The molecule has 0 bridgehead atoms. The lowest BCUT2D eigenvalue weighted by Crippen LogP contribution is -2.63. The van der Waals surface area contributed by atoms with Gasteiger partial charge in [-0.1, -0.05) is 0 Å². The van der Waals surface area contributed by atoms with Crippen molar-refractivity contribution in [3.05, 3.63) is 0 Å². The van der Waals surface area contributed by atoms with Crippen molar-refractivity contribution in [3.8, 4) is 0 Å². The average molecular weight is 306 g/mol. The highest BCUT2D eigenvalue weighted by molar-refractivity contribution is 5.01. The van der Waals surface area contributed by atoms with Crippen molar-refractivity contribution in [2.24, 2.45) is 17.8 Å². The number of likely N-dealkylation sites (tertiary alicyclic amines) is 2. The molecular formula is C18H34N4. The van der Waals surface area contributed by atoms with Gasteiger partial charge in [-0.05, 0) is 71.0 Å². The fraction of sp³-hybridized carbons (Fsp3) is 1.00. The van der Waals surface area contributed by atoms with Gasteiger partial charge in [0.1, 0.15) is 0 Å². The van der Waals surface area contributed by atoms with Crippen molar-refractivity contribution in [3.63, 3.8) is 0 Å². The zero-order valence-electron chi connectivity index (χ0n) is 14.6. The van der Waals surface area contributed by atoms with Gasteiger partial charge in [-0.3, -0.25) is 9.80 Å². The summed E-state index contributed by atoms with van der Waals surface area (Å²) in [5.41, 5.74) is 0. The minimum Gasteiger partial charge on any atom is -0.312 e. The first kappa shape index (κ1) is 15.4. The summed E-state index contributed by atoms with van der Waals surface area (Å²) in [4.78, 5) is 5.43. The van der Waals surface area contributed by atoms with E-state index in [-0.39, 0.29) is 0 Å². The van der Waals surface area contributed by atoms with Gasteiger partial charge in [-0.15, -0.1) is 0 Å².